The van der Waals surface area contributed by atoms with E-state index in [1.807, 2.05) is 0 Å². The molecule has 2 N–H and O–H groups in total. The lowest BCUT2D eigenvalue weighted by atomic mass is 10.1. The number of carbonyl (C=O) groups excluding carboxylic acids is 3. The number of hydrogen-bond donors (Lipinski definition) is 2. The van der Waals surface area contributed by atoms with Crippen LogP contribution in [0.15, 0.2) is 60.8 Å². The molecule has 0 fully saturated rings. The van der Waals surface area contributed by atoms with E-state index in [-0.39, 0.29) is 25.9 Å². The summed E-state index contributed by atoms with van der Waals surface area (Å²) in [7, 11) is -4.75. The second-order valence-electron chi connectivity index (χ2n) is 18.7. The van der Waals surface area contributed by atoms with Gasteiger partial charge in [-0.2, -0.15) is 0 Å². The molecule has 0 aliphatic carbocycles. The SMILES string of the molecule is CC/C=C\C/C=C\C/C=C\C/C=C\CCCCCCC(=O)OCC(COP(=O)(O)OCC(CO)OC(=O)CCCCCCCCCCC)OC(=O)CCCCCCCCC/C=C\CCCCCCCC. The largest absolute Gasteiger partial charge is 0.472 e. The second kappa shape index (κ2) is 52.5. The summed E-state index contributed by atoms with van der Waals surface area (Å²) in [5.41, 5.74) is 0. The topological polar surface area (TPSA) is 155 Å². The Kier molecular flexibility index (Phi) is 50.4. The molecular weight excluding hydrogens is 904 g/mol. The van der Waals surface area contributed by atoms with E-state index in [1.54, 1.807) is 0 Å². The first-order chi connectivity index (χ1) is 34.2. The summed E-state index contributed by atoms with van der Waals surface area (Å²) in [5.74, 6) is -1.49. The van der Waals surface area contributed by atoms with Crippen molar-refractivity contribution in [3.8, 4) is 0 Å². The van der Waals surface area contributed by atoms with Gasteiger partial charge in [-0.15, -0.1) is 0 Å². The Balaban J connectivity index is 4.76. The van der Waals surface area contributed by atoms with E-state index in [4.69, 9.17) is 23.3 Å². The fourth-order valence-electron chi connectivity index (χ4n) is 7.64. The predicted molar refractivity (Wildman–Crippen MR) is 288 cm³/mol. The molecule has 3 atom stereocenters. The van der Waals surface area contributed by atoms with Crippen molar-refractivity contribution in [2.75, 3.05) is 26.4 Å². The van der Waals surface area contributed by atoms with Crippen LogP contribution in [0.2, 0.25) is 0 Å². The lowest BCUT2D eigenvalue weighted by Gasteiger charge is -2.21. The molecule has 0 spiro atoms. The molecule has 0 aliphatic rings. The van der Waals surface area contributed by atoms with E-state index < -0.39 is 57.8 Å². The fourth-order valence-corrected chi connectivity index (χ4v) is 8.42. The molecule has 0 aromatic rings. The summed E-state index contributed by atoms with van der Waals surface area (Å²) < 4.78 is 39.4. The van der Waals surface area contributed by atoms with Crippen LogP contribution < -0.4 is 0 Å². The van der Waals surface area contributed by atoms with Gasteiger partial charge in [-0.3, -0.25) is 23.4 Å². The summed E-state index contributed by atoms with van der Waals surface area (Å²) in [6, 6.07) is 0. The van der Waals surface area contributed by atoms with E-state index in [2.05, 4.69) is 81.5 Å². The predicted octanol–water partition coefficient (Wildman–Crippen LogP) is 16.4. The van der Waals surface area contributed by atoms with Crippen molar-refractivity contribution in [1.82, 2.24) is 0 Å². The van der Waals surface area contributed by atoms with E-state index in [1.165, 1.54) is 89.9 Å². The van der Waals surface area contributed by atoms with Gasteiger partial charge >= 0.3 is 25.7 Å². The average molecular weight is 1010 g/mol. The van der Waals surface area contributed by atoms with E-state index in [0.717, 1.165) is 103 Å². The van der Waals surface area contributed by atoms with E-state index >= 15 is 0 Å². The highest BCUT2D eigenvalue weighted by atomic mass is 31.2. The molecule has 0 heterocycles. The fraction of sp³-hybridized carbons (Fsp3) is 0.776. The maximum Gasteiger partial charge on any atom is 0.472 e. The van der Waals surface area contributed by atoms with Crippen LogP contribution in [0.25, 0.3) is 0 Å². The quantitative estimate of drug-likeness (QED) is 0.0197. The molecule has 70 heavy (non-hydrogen) atoms. The van der Waals surface area contributed by atoms with Crippen molar-refractivity contribution >= 4 is 25.7 Å². The first-order valence-corrected chi connectivity index (χ1v) is 29.7. The molecular formula is C58H103O11P. The van der Waals surface area contributed by atoms with Gasteiger partial charge in [0.15, 0.2) is 6.10 Å². The highest BCUT2D eigenvalue weighted by Crippen LogP contribution is 2.43. The number of allylic oxidation sites excluding steroid dienone is 10. The van der Waals surface area contributed by atoms with Crippen LogP contribution in [-0.4, -0.2) is 66.5 Å². The first-order valence-electron chi connectivity index (χ1n) is 28.2. The first kappa shape index (κ1) is 67.2. The van der Waals surface area contributed by atoms with Gasteiger partial charge in [0.05, 0.1) is 19.8 Å². The highest BCUT2D eigenvalue weighted by molar-refractivity contribution is 7.47. The van der Waals surface area contributed by atoms with Crippen LogP contribution in [-0.2, 0) is 42.2 Å². The number of phosphoric acid groups is 1. The third kappa shape index (κ3) is 50.1. The monoisotopic (exact) mass is 1010 g/mol. The van der Waals surface area contributed by atoms with Crippen molar-refractivity contribution in [3.63, 3.8) is 0 Å². The number of phosphoric ester groups is 1. The Morgan fingerprint density at radius 3 is 1.16 bits per heavy atom. The van der Waals surface area contributed by atoms with Crippen LogP contribution in [0.3, 0.4) is 0 Å². The van der Waals surface area contributed by atoms with Crippen molar-refractivity contribution in [3.05, 3.63) is 60.8 Å². The number of rotatable bonds is 52. The minimum absolute atomic E-state index is 0.157. The molecule has 12 heteroatoms. The van der Waals surface area contributed by atoms with Gasteiger partial charge in [0.1, 0.15) is 12.7 Å². The average Bonchev–Trinajstić information content (AvgIpc) is 3.35. The minimum atomic E-state index is -4.75. The Bertz CT molecular complexity index is 1410. The summed E-state index contributed by atoms with van der Waals surface area (Å²) >= 11 is 0. The maximum absolute atomic E-state index is 12.9. The summed E-state index contributed by atoms with van der Waals surface area (Å²) in [4.78, 5) is 48.4. The lowest BCUT2D eigenvalue weighted by Crippen LogP contribution is -2.30. The Hall–Kier alpha value is -2.82. The summed E-state index contributed by atoms with van der Waals surface area (Å²) in [5, 5.41) is 9.76. The number of carbonyl (C=O) groups is 3. The number of aliphatic hydroxyl groups is 1. The van der Waals surface area contributed by atoms with Crippen molar-refractivity contribution in [2.24, 2.45) is 0 Å². The Morgan fingerprint density at radius 2 is 0.743 bits per heavy atom. The summed E-state index contributed by atoms with van der Waals surface area (Å²) in [6.07, 6.45) is 56.2. The van der Waals surface area contributed by atoms with Crippen molar-refractivity contribution in [1.29, 1.82) is 0 Å². The zero-order valence-corrected chi connectivity index (χ0v) is 45.6. The molecule has 0 aromatic carbocycles. The molecule has 406 valence electrons. The molecule has 0 amide bonds. The zero-order valence-electron chi connectivity index (χ0n) is 44.7. The highest BCUT2D eigenvalue weighted by Gasteiger charge is 2.28. The molecule has 3 unspecified atom stereocenters. The standard InChI is InChI=1S/C58H103O11P/c1-4-7-10-13-16-19-21-23-25-27-29-31-33-36-38-41-44-47-56(60)65-51-55(69-58(62)49-46-43-40-37-34-32-30-28-26-24-22-20-17-14-11-8-5-2)53-67-70(63,64)66-52-54(50-59)68-57(61)48-45-42-39-35-18-15-12-9-6-3/h7,10,16,19,23-26,29,31,54-55,59H,4-6,8-9,11-15,17-18,20-22,27-28,30,32-53H2,1-3H3,(H,63,64)/b10-7-,19-16-,25-23-,26-24-,31-29-. The van der Waals surface area contributed by atoms with Crippen LogP contribution >= 0.6 is 7.82 Å². The number of aliphatic hydroxyl groups excluding tert-OH is 1. The third-order valence-electron chi connectivity index (χ3n) is 11.9. The van der Waals surface area contributed by atoms with Gasteiger partial charge in [-0.05, 0) is 83.5 Å². The van der Waals surface area contributed by atoms with Gasteiger partial charge in [-0.1, -0.05) is 210 Å². The minimum Gasteiger partial charge on any atom is -0.462 e. The lowest BCUT2D eigenvalue weighted by molar-refractivity contribution is -0.161. The van der Waals surface area contributed by atoms with Crippen LogP contribution in [0.4, 0.5) is 0 Å². The van der Waals surface area contributed by atoms with Crippen LogP contribution in [0.5, 0.6) is 0 Å². The smallest absolute Gasteiger partial charge is 0.462 e. The number of ether oxygens (including phenoxy) is 3. The molecule has 0 rings (SSSR count). The van der Waals surface area contributed by atoms with E-state index in [9.17, 15) is 28.9 Å². The van der Waals surface area contributed by atoms with Gasteiger partial charge in [0, 0.05) is 19.3 Å². The molecule has 0 aliphatic heterocycles. The Labute approximate surface area is 427 Å². The maximum atomic E-state index is 12.9. The number of esters is 3. The number of hydrogen-bond acceptors (Lipinski definition) is 10. The van der Waals surface area contributed by atoms with Crippen LogP contribution in [0.1, 0.15) is 252 Å². The normalized spacial score (nSPS) is 13.8. The van der Waals surface area contributed by atoms with Gasteiger partial charge in [0.25, 0.3) is 0 Å². The second-order valence-corrected chi connectivity index (χ2v) is 20.2. The molecule has 0 bridgehead atoms. The van der Waals surface area contributed by atoms with Crippen molar-refractivity contribution in [2.45, 2.75) is 264 Å². The van der Waals surface area contributed by atoms with Gasteiger partial charge in [-0.25, -0.2) is 4.57 Å². The summed E-state index contributed by atoms with van der Waals surface area (Å²) in [6.45, 7) is 4.48. The van der Waals surface area contributed by atoms with E-state index in [0.29, 0.717) is 19.3 Å². The van der Waals surface area contributed by atoms with Gasteiger partial charge < -0.3 is 24.2 Å². The molecule has 0 radical (unpaired) electrons. The zero-order chi connectivity index (χ0) is 51.3. The van der Waals surface area contributed by atoms with Gasteiger partial charge in [0.2, 0.25) is 0 Å². The van der Waals surface area contributed by atoms with Crippen LogP contribution in [0, 0.1) is 0 Å². The molecule has 0 saturated heterocycles. The number of unbranched alkanes of at least 4 members (excludes halogenated alkanes) is 25. The molecule has 0 saturated carbocycles. The molecule has 11 nitrogen and oxygen atoms in total. The third-order valence-corrected chi connectivity index (χ3v) is 12.9. The Morgan fingerprint density at radius 1 is 0.414 bits per heavy atom. The van der Waals surface area contributed by atoms with Crippen molar-refractivity contribution < 1.29 is 52.2 Å². The molecule has 0 aromatic heterocycles.